The maximum absolute atomic E-state index is 14.4. The SMILES string of the molecule is CC[C@@H]1OC(=O)[C@H](C)[C@H](OC2C[C@@](C)(OC)[C@](O)(CN(CC)CC)[C@H](C)O2)[C@@H](C)[C@@H](O[C@@H]2O[C@H](C)C[C@H](N(C)C)[C@H]2O)[C@](C)(O)C[C@@H](C)NC[C@@H](C)[C@H](O)[C@]1(C)O. The Balaban J connectivity index is 2.18. The number of ether oxygens (including phenoxy) is 6. The number of aliphatic hydroxyl groups is 5. The van der Waals surface area contributed by atoms with Crippen molar-refractivity contribution >= 4 is 5.97 Å². The summed E-state index contributed by atoms with van der Waals surface area (Å²) in [5.41, 5.74) is -5.95. The molecule has 336 valence electrons. The maximum Gasteiger partial charge on any atom is 0.311 e. The van der Waals surface area contributed by atoms with Gasteiger partial charge in [-0.25, -0.2) is 0 Å². The summed E-state index contributed by atoms with van der Waals surface area (Å²) >= 11 is 0. The van der Waals surface area contributed by atoms with Crippen LogP contribution in [0.5, 0.6) is 0 Å². The fraction of sp³-hybridized carbons (Fsp3) is 0.976. The lowest BCUT2D eigenvalue weighted by Gasteiger charge is -2.54. The van der Waals surface area contributed by atoms with Gasteiger partial charge in [0.2, 0.25) is 0 Å². The van der Waals surface area contributed by atoms with E-state index in [9.17, 15) is 30.3 Å². The van der Waals surface area contributed by atoms with E-state index in [1.807, 2.05) is 60.5 Å². The Morgan fingerprint density at radius 3 is 2.07 bits per heavy atom. The third-order valence-corrected chi connectivity index (χ3v) is 13.6. The van der Waals surface area contributed by atoms with E-state index >= 15 is 0 Å². The molecule has 1 unspecified atom stereocenters. The molecule has 0 radical (unpaired) electrons. The Morgan fingerprint density at radius 2 is 1.53 bits per heavy atom. The number of cyclic esters (lactones) is 1. The second-order valence-electron chi connectivity index (χ2n) is 18.5. The van der Waals surface area contributed by atoms with Crippen molar-refractivity contribution in [3.05, 3.63) is 0 Å². The van der Waals surface area contributed by atoms with E-state index in [2.05, 4.69) is 10.2 Å². The van der Waals surface area contributed by atoms with Gasteiger partial charge in [0.25, 0.3) is 0 Å². The van der Waals surface area contributed by atoms with Crippen LogP contribution in [0.4, 0.5) is 0 Å². The van der Waals surface area contributed by atoms with Crippen molar-refractivity contribution in [2.24, 2.45) is 17.8 Å². The molecule has 0 amide bonds. The third kappa shape index (κ3) is 11.3. The molecule has 0 aromatic rings. The fourth-order valence-electron chi connectivity index (χ4n) is 9.49. The van der Waals surface area contributed by atoms with Crippen LogP contribution in [0.1, 0.15) is 109 Å². The molecule has 15 nitrogen and oxygen atoms in total. The summed E-state index contributed by atoms with van der Waals surface area (Å²) in [6.45, 7) is 23.7. The fourth-order valence-corrected chi connectivity index (χ4v) is 9.49. The van der Waals surface area contributed by atoms with Gasteiger partial charge in [-0.2, -0.15) is 0 Å². The summed E-state index contributed by atoms with van der Waals surface area (Å²) in [4.78, 5) is 18.4. The smallest absolute Gasteiger partial charge is 0.311 e. The first-order valence-corrected chi connectivity index (χ1v) is 21.4. The molecule has 18 atom stereocenters. The number of hydrogen-bond acceptors (Lipinski definition) is 15. The van der Waals surface area contributed by atoms with Crippen LogP contribution in [-0.2, 0) is 33.2 Å². The molecule has 57 heavy (non-hydrogen) atoms. The Hall–Kier alpha value is -1.05. The highest BCUT2D eigenvalue weighted by molar-refractivity contribution is 5.73. The van der Waals surface area contributed by atoms with Crippen molar-refractivity contribution in [2.75, 3.05) is 47.4 Å². The summed E-state index contributed by atoms with van der Waals surface area (Å²) in [7, 11) is 5.32. The first kappa shape index (κ1) is 50.3. The number of esters is 1. The van der Waals surface area contributed by atoms with Crippen LogP contribution in [-0.4, -0.2) is 178 Å². The Morgan fingerprint density at radius 1 is 0.912 bits per heavy atom. The summed E-state index contributed by atoms with van der Waals surface area (Å²) < 4.78 is 38.5. The van der Waals surface area contributed by atoms with Crippen molar-refractivity contribution in [2.45, 2.75) is 199 Å². The molecule has 0 aromatic carbocycles. The highest BCUT2D eigenvalue weighted by Crippen LogP contribution is 2.43. The van der Waals surface area contributed by atoms with Gasteiger partial charge >= 0.3 is 5.97 Å². The van der Waals surface area contributed by atoms with Crippen LogP contribution in [0.15, 0.2) is 0 Å². The van der Waals surface area contributed by atoms with Crippen molar-refractivity contribution in [3.8, 4) is 0 Å². The minimum Gasteiger partial charge on any atom is -0.459 e. The topological polar surface area (TPSA) is 192 Å². The van der Waals surface area contributed by atoms with Gasteiger partial charge < -0.3 is 69.1 Å². The van der Waals surface area contributed by atoms with E-state index in [1.165, 1.54) is 6.92 Å². The monoisotopic (exact) mass is 820 g/mol. The van der Waals surface area contributed by atoms with E-state index in [-0.39, 0.29) is 37.5 Å². The minimum absolute atomic E-state index is 0.0995. The molecule has 15 heteroatoms. The van der Waals surface area contributed by atoms with E-state index in [0.717, 1.165) is 13.1 Å². The van der Waals surface area contributed by atoms with Gasteiger partial charge in [0.15, 0.2) is 12.6 Å². The third-order valence-electron chi connectivity index (χ3n) is 13.6. The van der Waals surface area contributed by atoms with Gasteiger partial charge in [-0.1, -0.05) is 34.6 Å². The molecular weight excluding hydrogens is 738 g/mol. The second kappa shape index (κ2) is 20.2. The standard InChI is InChI=1S/C42H81N3O12/c1-16-31-41(12,50)35(47)24(4)22-43-25(5)20-39(10,49)36(57-38-33(46)30(44(13)14)19-26(6)53-38)27(7)34(28(8)37(48)55-31)56-32-21-40(11,52-15)42(51,29(9)54-32)23-45(17-2)18-3/h24-36,38,43,46-47,49-51H,16-23H2,1-15H3/t24-,25-,26-,27-,28-,29+,30+,31+,32?,33-,34-,35+,36-,38+,39-,40-,41-,42+/m1/s1. The van der Waals surface area contributed by atoms with Gasteiger partial charge in [-0.15, -0.1) is 0 Å². The Bertz CT molecular complexity index is 1260. The van der Waals surface area contributed by atoms with Crippen LogP contribution >= 0.6 is 0 Å². The normalized spacial score (nSPS) is 47.4. The van der Waals surface area contributed by atoms with E-state index < -0.39 is 95.3 Å². The maximum atomic E-state index is 14.4. The molecule has 3 heterocycles. The Kier molecular flexibility index (Phi) is 17.8. The molecule has 0 bridgehead atoms. The number of aliphatic hydroxyl groups excluding tert-OH is 2. The Labute approximate surface area is 343 Å². The zero-order valence-corrected chi connectivity index (χ0v) is 37.7. The number of rotatable bonds is 11. The van der Waals surface area contributed by atoms with Crippen LogP contribution in [0.25, 0.3) is 0 Å². The van der Waals surface area contributed by atoms with E-state index in [4.69, 9.17) is 28.4 Å². The summed E-state index contributed by atoms with van der Waals surface area (Å²) in [5, 5.41) is 62.9. The van der Waals surface area contributed by atoms with Crippen LogP contribution < -0.4 is 5.32 Å². The quantitative estimate of drug-likeness (QED) is 0.166. The van der Waals surface area contributed by atoms with Crippen molar-refractivity contribution in [3.63, 3.8) is 0 Å². The highest BCUT2D eigenvalue weighted by Gasteiger charge is 2.59. The van der Waals surface area contributed by atoms with E-state index in [1.54, 1.807) is 41.7 Å². The molecule has 0 spiro atoms. The van der Waals surface area contributed by atoms with Gasteiger partial charge in [0, 0.05) is 44.6 Å². The molecule has 3 aliphatic heterocycles. The van der Waals surface area contributed by atoms with Crippen molar-refractivity contribution in [1.29, 1.82) is 0 Å². The number of methoxy groups -OCH3 is 1. The van der Waals surface area contributed by atoms with Gasteiger partial charge in [-0.05, 0) is 101 Å². The number of hydrogen-bond donors (Lipinski definition) is 6. The lowest BCUT2D eigenvalue weighted by atomic mass is 9.75. The first-order chi connectivity index (χ1) is 26.3. The number of likely N-dealkylation sites (N-methyl/N-ethyl adjacent to an activating group) is 2. The van der Waals surface area contributed by atoms with Gasteiger partial charge in [-0.3, -0.25) is 4.79 Å². The predicted molar refractivity (Wildman–Crippen MR) is 216 cm³/mol. The van der Waals surface area contributed by atoms with Crippen LogP contribution in [0.2, 0.25) is 0 Å². The molecule has 3 saturated heterocycles. The lowest BCUT2D eigenvalue weighted by molar-refractivity contribution is -0.339. The van der Waals surface area contributed by atoms with Crippen molar-refractivity contribution < 1.29 is 58.7 Å². The van der Waals surface area contributed by atoms with Crippen LogP contribution in [0.3, 0.4) is 0 Å². The van der Waals surface area contributed by atoms with Gasteiger partial charge in [0.1, 0.15) is 29.0 Å². The molecule has 0 aromatic heterocycles. The lowest BCUT2D eigenvalue weighted by Crippen LogP contribution is -2.70. The molecule has 0 aliphatic carbocycles. The average Bonchev–Trinajstić information content (AvgIpc) is 3.14. The van der Waals surface area contributed by atoms with Crippen LogP contribution in [0, 0.1) is 17.8 Å². The summed E-state index contributed by atoms with van der Waals surface area (Å²) in [6, 6.07) is -0.591. The second-order valence-corrected chi connectivity index (χ2v) is 18.5. The van der Waals surface area contributed by atoms with Crippen molar-refractivity contribution in [1.82, 2.24) is 15.1 Å². The average molecular weight is 820 g/mol. The minimum atomic E-state index is -1.79. The molecule has 3 aliphatic rings. The molecule has 6 N–H and O–H groups in total. The zero-order chi connectivity index (χ0) is 43.4. The summed E-state index contributed by atoms with van der Waals surface area (Å²) in [5.74, 6) is -2.96. The van der Waals surface area contributed by atoms with Gasteiger partial charge in [0.05, 0.1) is 42.0 Å². The highest BCUT2D eigenvalue weighted by atomic mass is 16.7. The number of nitrogens with one attached hydrogen (secondary N) is 1. The number of nitrogens with zero attached hydrogens (tertiary/aromatic N) is 2. The largest absolute Gasteiger partial charge is 0.459 e. The number of carbonyl (C=O) groups is 1. The molecular formula is C42H81N3O12. The molecule has 3 fully saturated rings. The van der Waals surface area contributed by atoms with E-state index in [0.29, 0.717) is 19.5 Å². The predicted octanol–water partition coefficient (Wildman–Crippen LogP) is 2.27. The zero-order valence-electron chi connectivity index (χ0n) is 37.7. The molecule has 3 rings (SSSR count). The summed E-state index contributed by atoms with van der Waals surface area (Å²) in [6.07, 6.45) is -7.59. The first-order valence-electron chi connectivity index (χ1n) is 21.4. The molecule has 0 saturated carbocycles. The number of carbonyl (C=O) groups excluding carboxylic acids is 1.